The Labute approximate surface area is 177 Å². The number of anilines is 2. The molecule has 4 nitrogen and oxygen atoms in total. The molecule has 0 aromatic heterocycles. The van der Waals surface area contributed by atoms with Crippen molar-refractivity contribution in [2.75, 3.05) is 10.6 Å². The number of hydrogen-bond acceptors (Lipinski definition) is 2. The standard InChI is InChI=1S/C21H15Cl3N2O2/c1-12-9-10-13(11-17(12)24)20(27)25-18-8-3-2-5-14(18)21(28)26-19-15(22)6-4-7-16(19)23/h2-11H,1H3,(H,25,27)(H,26,28). The van der Waals surface area contributed by atoms with Crippen LogP contribution in [0.4, 0.5) is 11.4 Å². The average Bonchev–Trinajstić information content (AvgIpc) is 2.67. The number of hydrogen-bond donors (Lipinski definition) is 2. The molecule has 3 rings (SSSR count). The van der Waals surface area contributed by atoms with Gasteiger partial charge in [0, 0.05) is 10.6 Å². The van der Waals surface area contributed by atoms with Crippen molar-refractivity contribution in [3.63, 3.8) is 0 Å². The molecule has 0 saturated heterocycles. The highest BCUT2D eigenvalue weighted by molar-refractivity contribution is 6.40. The molecule has 2 amide bonds. The fourth-order valence-corrected chi connectivity index (χ4v) is 3.19. The lowest BCUT2D eigenvalue weighted by Gasteiger charge is -2.13. The van der Waals surface area contributed by atoms with Gasteiger partial charge in [-0.3, -0.25) is 9.59 Å². The number of rotatable bonds is 4. The third kappa shape index (κ3) is 4.47. The van der Waals surface area contributed by atoms with Crippen molar-refractivity contribution >= 4 is 58.0 Å². The van der Waals surface area contributed by atoms with Gasteiger partial charge in [-0.2, -0.15) is 0 Å². The SMILES string of the molecule is Cc1ccc(C(=O)Nc2ccccc2C(=O)Nc2c(Cl)cccc2Cl)cc1Cl. The van der Waals surface area contributed by atoms with Gasteiger partial charge in [-0.25, -0.2) is 0 Å². The zero-order valence-corrected chi connectivity index (χ0v) is 17.0. The quantitative estimate of drug-likeness (QED) is 0.496. The molecule has 0 unspecified atom stereocenters. The molecule has 0 spiro atoms. The predicted octanol–water partition coefficient (Wildman–Crippen LogP) is 6.46. The Morgan fingerprint density at radius 3 is 2.11 bits per heavy atom. The number of benzene rings is 3. The molecule has 0 saturated carbocycles. The summed E-state index contributed by atoms with van der Waals surface area (Å²) in [5.41, 5.74) is 2.19. The van der Waals surface area contributed by atoms with Gasteiger partial charge in [0.1, 0.15) is 0 Å². The van der Waals surface area contributed by atoms with Gasteiger partial charge >= 0.3 is 0 Å². The second-order valence-electron chi connectivity index (χ2n) is 6.01. The average molecular weight is 434 g/mol. The molecule has 0 radical (unpaired) electrons. The molecule has 0 aliphatic rings. The van der Waals surface area contributed by atoms with Crippen LogP contribution in [-0.2, 0) is 0 Å². The van der Waals surface area contributed by atoms with Crippen molar-refractivity contribution in [1.82, 2.24) is 0 Å². The Morgan fingerprint density at radius 1 is 0.750 bits per heavy atom. The lowest BCUT2D eigenvalue weighted by atomic mass is 10.1. The van der Waals surface area contributed by atoms with Crippen LogP contribution >= 0.6 is 34.8 Å². The van der Waals surface area contributed by atoms with E-state index in [1.807, 2.05) is 6.92 Å². The number of para-hydroxylation sites is 2. The number of carbonyl (C=O) groups is 2. The molecular weight excluding hydrogens is 419 g/mol. The van der Waals surface area contributed by atoms with E-state index in [1.165, 1.54) is 0 Å². The minimum absolute atomic E-state index is 0.269. The van der Waals surface area contributed by atoms with E-state index in [9.17, 15) is 9.59 Å². The smallest absolute Gasteiger partial charge is 0.257 e. The third-order valence-corrected chi connectivity index (χ3v) is 5.09. The summed E-state index contributed by atoms with van der Waals surface area (Å²) in [7, 11) is 0. The van der Waals surface area contributed by atoms with E-state index in [0.717, 1.165) is 5.56 Å². The molecule has 3 aromatic rings. The summed E-state index contributed by atoms with van der Waals surface area (Å²) in [6, 6.07) is 16.6. The molecule has 28 heavy (non-hydrogen) atoms. The van der Waals surface area contributed by atoms with Crippen LogP contribution in [0, 0.1) is 6.92 Å². The summed E-state index contributed by atoms with van der Waals surface area (Å²) < 4.78 is 0. The topological polar surface area (TPSA) is 58.2 Å². The minimum Gasteiger partial charge on any atom is -0.321 e. The Balaban J connectivity index is 1.85. The van der Waals surface area contributed by atoms with Gasteiger partial charge in [-0.1, -0.05) is 59.1 Å². The van der Waals surface area contributed by atoms with E-state index < -0.39 is 5.91 Å². The molecule has 142 valence electrons. The van der Waals surface area contributed by atoms with Gasteiger partial charge in [0.25, 0.3) is 11.8 Å². The molecule has 7 heteroatoms. The monoisotopic (exact) mass is 432 g/mol. The Hall–Kier alpha value is -2.53. The van der Waals surface area contributed by atoms with Crippen molar-refractivity contribution < 1.29 is 9.59 Å². The minimum atomic E-state index is -0.451. The summed E-state index contributed by atoms with van der Waals surface area (Å²) in [6.07, 6.45) is 0. The van der Waals surface area contributed by atoms with Crippen LogP contribution in [0.3, 0.4) is 0 Å². The highest BCUT2D eigenvalue weighted by atomic mass is 35.5. The van der Waals surface area contributed by atoms with E-state index in [2.05, 4.69) is 10.6 Å². The molecule has 0 atom stereocenters. The molecule has 0 bridgehead atoms. The Bertz CT molecular complexity index is 1050. The summed E-state index contributed by atoms with van der Waals surface area (Å²) in [4.78, 5) is 25.3. The fourth-order valence-electron chi connectivity index (χ4n) is 2.52. The van der Waals surface area contributed by atoms with Crippen molar-refractivity contribution in [2.45, 2.75) is 6.92 Å². The number of amides is 2. The molecule has 3 aromatic carbocycles. The van der Waals surface area contributed by atoms with Gasteiger partial charge in [-0.05, 0) is 48.9 Å². The summed E-state index contributed by atoms with van der Waals surface area (Å²) >= 11 is 18.3. The van der Waals surface area contributed by atoms with Gasteiger partial charge in [0.2, 0.25) is 0 Å². The number of nitrogens with one attached hydrogen (secondary N) is 2. The van der Waals surface area contributed by atoms with Crippen molar-refractivity contribution in [1.29, 1.82) is 0 Å². The first-order chi connectivity index (χ1) is 13.4. The van der Waals surface area contributed by atoms with E-state index in [-0.39, 0.29) is 11.5 Å². The first-order valence-corrected chi connectivity index (χ1v) is 9.42. The fraction of sp³-hybridized carbons (Fsp3) is 0.0476. The zero-order chi connectivity index (χ0) is 20.3. The largest absolute Gasteiger partial charge is 0.321 e. The van der Waals surface area contributed by atoms with E-state index >= 15 is 0 Å². The summed E-state index contributed by atoms with van der Waals surface area (Å²) in [6.45, 7) is 1.85. The molecular formula is C21H15Cl3N2O2. The third-order valence-electron chi connectivity index (χ3n) is 4.06. The first-order valence-electron chi connectivity index (χ1n) is 8.28. The van der Waals surface area contributed by atoms with Gasteiger partial charge in [0.05, 0.1) is 27.0 Å². The molecule has 0 aliphatic heterocycles. The van der Waals surface area contributed by atoms with Crippen LogP contribution < -0.4 is 10.6 Å². The zero-order valence-electron chi connectivity index (χ0n) is 14.7. The van der Waals surface area contributed by atoms with Gasteiger partial charge in [-0.15, -0.1) is 0 Å². The van der Waals surface area contributed by atoms with Crippen LogP contribution in [0.2, 0.25) is 15.1 Å². The maximum absolute atomic E-state index is 12.8. The Morgan fingerprint density at radius 2 is 1.43 bits per heavy atom. The number of aryl methyl sites for hydroxylation is 1. The molecule has 2 N–H and O–H groups in total. The second-order valence-corrected chi connectivity index (χ2v) is 7.24. The van der Waals surface area contributed by atoms with Gasteiger partial charge < -0.3 is 10.6 Å². The second kappa shape index (κ2) is 8.65. The van der Waals surface area contributed by atoms with Crippen molar-refractivity contribution in [3.8, 4) is 0 Å². The summed E-state index contributed by atoms with van der Waals surface area (Å²) in [5, 5.41) is 6.56. The maximum Gasteiger partial charge on any atom is 0.257 e. The van der Waals surface area contributed by atoms with Crippen molar-refractivity contribution in [2.24, 2.45) is 0 Å². The van der Waals surface area contributed by atoms with Gasteiger partial charge in [0.15, 0.2) is 0 Å². The first kappa shape index (κ1) is 20.2. The Kier molecular flexibility index (Phi) is 6.25. The van der Waals surface area contributed by atoms with Crippen LogP contribution in [0.25, 0.3) is 0 Å². The van der Waals surface area contributed by atoms with E-state index in [0.29, 0.717) is 32.0 Å². The molecule has 0 aliphatic carbocycles. The van der Waals surface area contributed by atoms with Crippen LogP contribution in [-0.4, -0.2) is 11.8 Å². The lowest BCUT2D eigenvalue weighted by molar-refractivity contribution is 0.102. The molecule has 0 fully saturated rings. The lowest BCUT2D eigenvalue weighted by Crippen LogP contribution is -2.18. The highest BCUT2D eigenvalue weighted by Crippen LogP contribution is 2.31. The summed E-state index contributed by atoms with van der Waals surface area (Å²) in [5.74, 6) is -0.828. The van der Waals surface area contributed by atoms with Crippen molar-refractivity contribution in [3.05, 3.63) is 92.4 Å². The molecule has 0 heterocycles. The van der Waals surface area contributed by atoms with Crippen LogP contribution in [0.5, 0.6) is 0 Å². The predicted molar refractivity (Wildman–Crippen MR) is 115 cm³/mol. The van der Waals surface area contributed by atoms with E-state index in [1.54, 1.807) is 60.7 Å². The highest BCUT2D eigenvalue weighted by Gasteiger charge is 2.17. The number of carbonyl (C=O) groups excluding carboxylic acids is 2. The normalized spacial score (nSPS) is 10.4. The maximum atomic E-state index is 12.8. The van der Waals surface area contributed by atoms with Crippen LogP contribution in [0.15, 0.2) is 60.7 Å². The van der Waals surface area contributed by atoms with E-state index in [4.69, 9.17) is 34.8 Å². The van der Waals surface area contributed by atoms with Crippen LogP contribution in [0.1, 0.15) is 26.3 Å². The number of halogens is 3.